The van der Waals surface area contributed by atoms with Crippen molar-refractivity contribution in [2.75, 3.05) is 6.54 Å². The van der Waals surface area contributed by atoms with Crippen molar-refractivity contribution in [2.24, 2.45) is 0 Å². The van der Waals surface area contributed by atoms with Crippen molar-refractivity contribution < 1.29 is 0 Å². The van der Waals surface area contributed by atoms with Gasteiger partial charge in [-0.25, -0.2) is 4.98 Å². The van der Waals surface area contributed by atoms with Crippen LogP contribution in [0.4, 0.5) is 0 Å². The van der Waals surface area contributed by atoms with Crippen LogP contribution in [0.25, 0.3) is 0 Å². The highest BCUT2D eigenvalue weighted by Gasteiger charge is 2.03. The zero-order valence-corrected chi connectivity index (χ0v) is 11.4. The minimum absolute atomic E-state index is 0.895. The quantitative estimate of drug-likeness (QED) is 0.875. The largest absolute Gasteiger partial charge is 0.330 e. The fraction of sp³-hybridized carbons (Fsp3) is 0.400. The molecule has 0 aliphatic heterocycles. The minimum atomic E-state index is 0.895. The Morgan fingerprint density at radius 2 is 2.00 bits per heavy atom. The monoisotopic (exact) mass is 243 g/mol. The molecule has 1 heterocycles. The normalized spacial score (nSPS) is 10.8. The lowest BCUT2D eigenvalue weighted by Gasteiger charge is -2.08. The highest BCUT2D eigenvalue weighted by molar-refractivity contribution is 5.24. The van der Waals surface area contributed by atoms with E-state index in [1.165, 1.54) is 16.8 Å². The molecule has 1 aromatic heterocycles. The zero-order valence-electron chi connectivity index (χ0n) is 11.4. The first-order valence-corrected chi connectivity index (χ1v) is 6.47. The molecule has 0 atom stereocenters. The number of rotatable bonds is 5. The van der Waals surface area contributed by atoms with Crippen molar-refractivity contribution in [2.45, 2.75) is 33.9 Å². The average molecular weight is 243 g/mol. The van der Waals surface area contributed by atoms with Gasteiger partial charge in [0.1, 0.15) is 0 Å². The van der Waals surface area contributed by atoms with Crippen LogP contribution in [0.3, 0.4) is 0 Å². The molecule has 0 unspecified atom stereocenters. The predicted molar refractivity (Wildman–Crippen MR) is 74.6 cm³/mol. The van der Waals surface area contributed by atoms with Crippen LogP contribution in [0.1, 0.15) is 29.4 Å². The van der Waals surface area contributed by atoms with Crippen molar-refractivity contribution >= 4 is 0 Å². The Bertz CT molecular complexity index is 514. The fourth-order valence-corrected chi connectivity index (χ4v) is 2.01. The molecule has 2 rings (SSSR count). The smallest absolute Gasteiger partial charge is 0.0954 e. The Morgan fingerprint density at radius 1 is 1.22 bits per heavy atom. The van der Waals surface area contributed by atoms with Gasteiger partial charge in [0.05, 0.1) is 12.0 Å². The van der Waals surface area contributed by atoms with Crippen LogP contribution >= 0.6 is 0 Å². The molecule has 96 valence electrons. The van der Waals surface area contributed by atoms with Crippen LogP contribution in [0.5, 0.6) is 0 Å². The Kier molecular flexibility index (Phi) is 4.15. The molecule has 0 radical (unpaired) electrons. The molecule has 0 bridgehead atoms. The summed E-state index contributed by atoms with van der Waals surface area (Å²) in [4.78, 5) is 4.33. The number of benzene rings is 1. The van der Waals surface area contributed by atoms with Crippen LogP contribution in [0, 0.1) is 13.8 Å². The van der Waals surface area contributed by atoms with Gasteiger partial charge in [-0.05, 0) is 31.5 Å². The van der Waals surface area contributed by atoms with Gasteiger partial charge < -0.3 is 9.88 Å². The Morgan fingerprint density at radius 3 is 2.67 bits per heavy atom. The van der Waals surface area contributed by atoms with E-state index in [0.29, 0.717) is 0 Å². The molecule has 0 spiro atoms. The van der Waals surface area contributed by atoms with E-state index in [4.69, 9.17) is 0 Å². The lowest BCUT2D eigenvalue weighted by molar-refractivity contribution is 0.722. The fourth-order valence-electron chi connectivity index (χ4n) is 2.01. The van der Waals surface area contributed by atoms with Crippen molar-refractivity contribution in [1.82, 2.24) is 14.9 Å². The molecule has 3 heteroatoms. The highest BCUT2D eigenvalue weighted by atomic mass is 15.0. The number of hydrogen-bond donors (Lipinski definition) is 1. The van der Waals surface area contributed by atoms with Gasteiger partial charge in [-0.1, -0.05) is 31.2 Å². The molecule has 1 N–H and O–H groups in total. The van der Waals surface area contributed by atoms with Gasteiger partial charge in [0.25, 0.3) is 0 Å². The molecule has 0 aliphatic rings. The molecule has 0 saturated carbocycles. The van der Waals surface area contributed by atoms with Gasteiger partial charge in [0.2, 0.25) is 0 Å². The van der Waals surface area contributed by atoms with Crippen molar-refractivity contribution in [1.29, 1.82) is 0 Å². The second-order valence-electron chi connectivity index (χ2n) is 4.64. The van der Waals surface area contributed by atoms with E-state index >= 15 is 0 Å². The van der Waals surface area contributed by atoms with Crippen LogP contribution < -0.4 is 5.32 Å². The third kappa shape index (κ3) is 2.99. The molecular formula is C15H21N3. The zero-order chi connectivity index (χ0) is 13.0. The number of nitrogens with one attached hydrogen (secondary N) is 1. The molecule has 0 saturated heterocycles. The van der Waals surface area contributed by atoms with Crippen LogP contribution in [-0.2, 0) is 13.1 Å². The summed E-state index contributed by atoms with van der Waals surface area (Å²) in [5.41, 5.74) is 5.01. The predicted octanol–water partition coefficient (Wildman–Crippen LogP) is 2.66. The maximum atomic E-state index is 4.33. The summed E-state index contributed by atoms with van der Waals surface area (Å²) in [5.74, 6) is 0. The van der Waals surface area contributed by atoms with Crippen molar-refractivity contribution in [3.05, 3.63) is 53.1 Å². The van der Waals surface area contributed by atoms with E-state index in [-0.39, 0.29) is 0 Å². The molecule has 0 fully saturated rings. The summed E-state index contributed by atoms with van der Waals surface area (Å²) in [6.45, 7) is 9.13. The lowest BCUT2D eigenvalue weighted by atomic mass is 10.1. The molecule has 1 aromatic carbocycles. The van der Waals surface area contributed by atoms with Gasteiger partial charge in [-0.2, -0.15) is 0 Å². The maximum absolute atomic E-state index is 4.33. The van der Waals surface area contributed by atoms with E-state index < -0.39 is 0 Å². The van der Waals surface area contributed by atoms with E-state index in [1.807, 2.05) is 13.3 Å². The summed E-state index contributed by atoms with van der Waals surface area (Å²) in [6.07, 6.45) is 1.92. The standard InChI is InChI=1S/C15H21N3/c1-4-16-9-14-6-5-7-15(8-14)10-18-11-17-12(2)13(18)3/h5-8,11,16H,4,9-10H2,1-3H3. The molecule has 0 aliphatic carbocycles. The maximum Gasteiger partial charge on any atom is 0.0954 e. The highest BCUT2D eigenvalue weighted by Crippen LogP contribution is 2.10. The summed E-state index contributed by atoms with van der Waals surface area (Å²) in [7, 11) is 0. The van der Waals surface area contributed by atoms with Gasteiger partial charge in [0, 0.05) is 18.8 Å². The van der Waals surface area contributed by atoms with Crippen LogP contribution in [-0.4, -0.2) is 16.1 Å². The van der Waals surface area contributed by atoms with Crippen molar-refractivity contribution in [3.8, 4) is 0 Å². The minimum Gasteiger partial charge on any atom is -0.330 e. The number of nitrogens with zero attached hydrogens (tertiary/aromatic N) is 2. The first kappa shape index (κ1) is 12.8. The second kappa shape index (κ2) is 5.83. The second-order valence-corrected chi connectivity index (χ2v) is 4.64. The van der Waals surface area contributed by atoms with E-state index in [0.717, 1.165) is 25.3 Å². The van der Waals surface area contributed by atoms with E-state index in [9.17, 15) is 0 Å². The van der Waals surface area contributed by atoms with Gasteiger partial charge in [0.15, 0.2) is 0 Å². The first-order chi connectivity index (χ1) is 8.70. The molecule has 2 aromatic rings. The summed E-state index contributed by atoms with van der Waals surface area (Å²) >= 11 is 0. The average Bonchev–Trinajstić information content (AvgIpc) is 2.69. The molecule has 3 nitrogen and oxygen atoms in total. The van der Waals surface area contributed by atoms with Crippen molar-refractivity contribution in [3.63, 3.8) is 0 Å². The van der Waals surface area contributed by atoms with Gasteiger partial charge in [-0.3, -0.25) is 0 Å². The lowest BCUT2D eigenvalue weighted by Crippen LogP contribution is -2.12. The molecular weight excluding hydrogens is 222 g/mol. The number of aromatic nitrogens is 2. The summed E-state index contributed by atoms with van der Waals surface area (Å²) < 4.78 is 2.20. The molecule has 0 amide bonds. The number of imidazole rings is 1. The van der Waals surface area contributed by atoms with Crippen LogP contribution in [0.15, 0.2) is 30.6 Å². The summed E-state index contributed by atoms with van der Waals surface area (Å²) in [6, 6.07) is 8.72. The molecule has 18 heavy (non-hydrogen) atoms. The van der Waals surface area contributed by atoms with E-state index in [1.54, 1.807) is 0 Å². The third-order valence-corrected chi connectivity index (χ3v) is 3.27. The third-order valence-electron chi connectivity index (χ3n) is 3.27. The number of hydrogen-bond acceptors (Lipinski definition) is 2. The van der Waals surface area contributed by atoms with Gasteiger partial charge in [-0.15, -0.1) is 0 Å². The van der Waals surface area contributed by atoms with E-state index in [2.05, 4.69) is 53.0 Å². The summed E-state index contributed by atoms with van der Waals surface area (Å²) in [5, 5.41) is 3.35. The Hall–Kier alpha value is -1.61. The Labute approximate surface area is 109 Å². The SMILES string of the molecule is CCNCc1cccc(Cn2cnc(C)c2C)c1. The number of aryl methyl sites for hydroxylation is 1. The van der Waals surface area contributed by atoms with Gasteiger partial charge >= 0.3 is 0 Å². The first-order valence-electron chi connectivity index (χ1n) is 6.47. The van der Waals surface area contributed by atoms with Crippen LogP contribution in [0.2, 0.25) is 0 Å². The Balaban J connectivity index is 2.11. The topological polar surface area (TPSA) is 29.9 Å².